The van der Waals surface area contributed by atoms with Crippen LogP contribution in [0.2, 0.25) is 0 Å². The molecule has 0 radical (unpaired) electrons. The van der Waals surface area contributed by atoms with Crippen molar-refractivity contribution < 1.29 is 21.5 Å². The Morgan fingerprint density at radius 3 is 2.34 bits per heavy atom. The molecule has 4 aliphatic heterocycles. The third-order valence-corrected chi connectivity index (χ3v) is 11.1. The molecule has 4 fully saturated rings. The van der Waals surface area contributed by atoms with Crippen LogP contribution >= 0.6 is 0 Å². The van der Waals surface area contributed by atoms with Crippen LogP contribution in [0.5, 0.6) is 0 Å². The maximum atomic E-state index is 2.87. The van der Waals surface area contributed by atoms with Crippen LogP contribution in [0.1, 0.15) is 58.8 Å². The molecule has 0 aliphatic carbocycles. The molecule has 5 unspecified atom stereocenters. The third-order valence-electron chi connectivity index (χ3n) is 8.92. The Labute approximate surface area is 191 Å². The van der Waals surface area contributed by atoms with Crippen molar-refractivity contribution >= 4 is 0 Å². The first-order chi connectivity index (χ1) is 14.0. The summed E-state index contributed by atoms with van der Waals surface area (Å²) < 4.78 is 2.79. The summed E-state index contributed by atoms with van der Waals surface area (Å²) in [6, 6.07) is 1.53. The number of halogens is 1. The SMILES string of the molecule is C[I-]N1CCC2(CCCN(C(C)CCC(C)N3CCC4CN(C)CCC4C3)C2)C1. The third kappa shape index (κ3) is 5.50. The zero-order chi connectivity index (χ0) is 20.4. The fraction of sp³-hybridized carbons (Fsp3) is 1.00. The van der Waals surface area contributed by atoms with Gasteiger partial charge in [0.2, 0.25) is 0 Å². The van der Waals surface area contributed by atoms with Gasteiger partial charge in [-0.2, -0.15) is 0 Å². The molecule has 0 aromatic rings. The molecule has 4 heterocycles. The average Bonchev–Trinajstić information content (AvgIpc) is 3.13. The Bertz CT molecular complexity index is 531. The van der Waals surface area contributed by atoms with Crippen LogP contribution < -0.4 is 21.5 Å². The second-order valence-electron chi connectivity index (χ2n) is 11.0. The first kappa shape index (κ1) is 22.8. The number of hydrogen-bond donors (Lipinski definition) is 0. The number of rotatable bonds is 6. The quantitative estimate of drug-likeness (QED) is 0.285. The van der Waals surface area contributed by atoms with E-state index in [4.69, 9.17) is 0 Å². The van der Waals surface area contributed by atoms with Crippen LogP contribution in [-0.2, 0) is 0 Å². The summed E-state index contributed by atoms with van der Waals surface area (Å²) in [6.45, 7) is 15.9. The zero-order valence-corrected chi connectivity index (χ0v) is 21.7. The van der Waals surface area contributed by atoms with Crippen LogP contribution in [0.3, 0.4) is 0 Å². The van der Waals surface area contributed by atoms with E-state index in [2.05, 4.69) is 43.6 Å². The molecule has 0 amide bonds. The van der Waals surface area contributed by atoms with E-state index in [0.717, 1.165) is 23.9 Å². The van der Waals surface area contributed by atoms with E-state index in [9.17, 15) is 0 Å². The van der Waals surface area contributed by atoms with Gasteiger partial charge in [0.15, 0.2) is 0 Å². The summed E-state index contributed by atoms with van der Waals surface area (Å²) in [6.07, 6.45) is 10.0. The molecule has 4 aliphatic rings. The topological polar surface area (TPSA) is 13.0 Å². The molecule has 1 spiro atoms. The van der Waals surface area contributed by atoms with Crippen molar-refractivity contribution in [3.8, 4) is 0 Å². The summed E-state index contributed by atoms with van der Waals surface area (Å²) in [5, 5.41) is 0. The fourth-order valence-electron chi connectivity index (χ4n) is 6.78. The predicted molar refractivity (Wildman–Crippen MR) is 119 cm³/mol. The summed E-state index contributed by atoms with van der Waals surface area (Å²) in [7, 11) is 2.31. The molecule has 0 saturated carbocycles. The molecule has 5 heteroatoms. The molecule has 4 nitrogen and oxygen atoms in total. The molecule has 0 bridgehead atoms. The molecule has 4 rings (SSSR count). The summed E-state index contributed by atoms with van der Waals surface area (Å²) in [4.78, 5) is 10.7. The van der Waals surface area contributed by atoms with Gasteiger partial charge in [-0.1, -0.05) is 0 Å². The van der Waals surface area contributed by atoms with Gasteiger partial charge in [0.1, 0.15) is 0 Å². The molecule has 4 saturated heterocycles. The Hall–Kier alpha value is 0.570. The maximum absolute atomic E-state index is 2.87. The molecule has 5 atom stereocenters. The fourth-order valence-corrected chi connectivity index (χ4v) is 8.57. The molecular formula is C24H46IN4-. The van der Waals surface area contributed by atoms with E-state index in [0.29, 0.717) is 26.9 Å². The normalized spacial score (nSPS) is 37.8. The molecule has 170 valence electrons. The second kappa shape index (κ2) is 10.0. The van der Waals surface area contributed by atoms with E-state index >= 15 is 0 Å². The van der Waals surface area contributed by atoms with Gasteiger partial charge in [-0.05, 0) is 25.9 Å². The van der Waals surface area contributed by atoms with E-state index in [1.807, 2.05) is 0 Å². The van der Waals surface area contributed by atoms with Crippen LogP contribution in [0.25, 0.3) is 0 Å². The number of alkyl halides is 1. The van der Waals surface area contributed by atoms with Crippen molar-refractivity contribution in [1.82, 2.24) is 17.8 Å². The van der Waals surface area contributed by atoms with Crippen LogP contribution in [0, 0.1) is 17.3 Å². The first-order valence-corrected chi connectivity index (χ1v) is 15.5. The van der Waals surface area contributed by atoms with Crippen LogP contribution in [0.4, 0.5) is 0 Å². The van der Waals surface area contributed by atoms with E-state index in [1.165, 1.54) is 97.3 Å². The van der Waals surface area contributed by atoms with E-state index in [1.54, 1.807) is 0 Å². The summed E-state index contributed by atoms with van der Waals surface area (Å²) >= 11 is 0.295. The van der Waals surface area contributed by atoms with Crippen LogP contribution in [-0.4, -0.2) is 94.2 Å². The van der Waals surface area contributed by atoms with Gasteiger partial charge in [0, 0.05) is 6.54 Å². The van der Waals surface area contributed by atoms with Crippen molar-refractivity contribution in [1.29, 1.82) is 0 Å². The van der Waals surface area contributed by atoms with Gasteiger partial charge in [0.25, 0.3) is 0 Å². The predicted octanol–water partition coefficient (Wildman–Crippen LogP) is 0.239. The summed E-state index contributed by atoms with van der Waals surface area (Å²) in [5.41, 5.74) is 0.643. The molecule has 0 N–H and O–H groups in total. The summed E-state index contributed by atoms with van der Waals surface area (Å²) in [5.74, 6) is 1.94. The van der Waals surface area contributed by atoms with Gasteiger partial charge >= 0.3 is 154 Å². The Balaban J connectivity index is 1.22. The van der Waals surface area contributed by atoms with Gasteiger partial charge < -0.3 is 4.90 Å². The van der Waals surface area contributed by atoms with Crippen molar-refractivity contribution in [2.75, 3.05) is 64.3 Å². The standard InChI is InChI=1S/C24H46IN4/c1-20(27-14-9-22-16-26(4)13-8-23(22)17-27)6-7-21(2)28-12-5-10-24(18-28)11-15-29(19-24)25-3/h20-23H,5-19H2,1-4H3/q-1. The second-order valence-corrected chi connectivity index (χ2v) is 13.3. The monoisotopic (exact) mass is 517 g/mol. The van der Waals surface area contributed by atoms with Gasteiger partial charge in [0.05, 0.1) is 0 Å². The van der Waals surface area contributed by atoms with Crippen LogP contribution in [0.15, 0.2) is 0 Å². The Morgan fingerprint density at radius 2 is 1.59 bits per heavy atom. The Kier molecular flexibility index (Phi) is 7.86. The average molecular weight is 518 g/mol. The molecule has 0 aromatic carbocycles. The molecule has 0 aromatic heterocycles. The van der Waals surface area contributed by atoms with Crippen molar-refractivity contribution in [2.24, 2.45) is 17.3 Å². The Morgan fingerprint density at radius 1 is 0.862 bits per heavy atom. The van der Waals surface area contributed by atoms with Crippen molar-refractivity contribution in [3.05, 3.63) is 0 Å². The van der Waals surface area contributed by atoms with E-state index < -0.39 is 0 Å². The number of likely N-dealkylation sites (tertiary alicyclic amines) is 3. The van der Waals surface area contributed by atoms with Gasteiger partial charge in [-0.3, -0.25) is 0 Å². The van der Waals surface area contributed by atoms with Gasteiger partial charge in [-0.25, -0.2) is 0 Å². The van der Waals surface area contributed by atoms with Crippen molar-refractivity contribution in [3.63, 3.8) is 0 Å². The molecule has 29 heavy (non-hydrogen) atoms. The van der Waals surface area contributed by atoms with E-state index in [-0.39, 0.29) is 0 Å². The van der Waals surface area contributed by atoms with Gasteiger partial charge in [-0.15, -0.1) is 0 Å². The zero-order valence-electron chi connectivity index (χ0n) is 19.6. The number of hydrogen-bond acceptors (Lipinski definition) is 4. The number of nitrogens with zero attached hydrogens (tertiary/aromatic N) is 4. The molecular weight excluding hydrogens is 471 g/mol. The minimum absolute atomic E-state index is 0.295. The van der Waals surface area contributed by atoms with Crippen molar-refractivity contribution in [2.45, 2.75) is 70.9 Å². The first-order valence-electron chi connectivity index (χ1n) is 12.4. The number of piperidine rings is 3. The number of fused-ring (bicyclic) bond motifs is 1. The minimum atomic E-state index is 0.295.